The lowest BCUT2D eigenvalue weighted by molar-refractivity contribution is -0.122. The molecule has 18 heavy (non-hydrogen) atoms. The highest BCUT2D eigenvalue weighted by atomic mass is 19.3. The second-order valence-electron chi connectivity index (χ2n) is 4.37. The van der Waals surface area contributed by atoms with Gasteiger partial charge in [0.15, 0.2) is 6.10 Å². The van der Waals surface area contributed by atoms with Crippen molar-refractivity contribution in [1.82, 2.24) is 0 Å². The Bertz CT molecular complexity index is 489. The van der Waals surface area contributed by atoms with E-state index in [9.17, 15) is 13.6 Å². The number of alkyl halides is 2. The van der Waals surface area contributed by atoms with Crippen LogP contribution in [-0.2, 0) is 10.7 Å². The van der Waals surface area contributed by atoms with Gasteiger partial charge in [-0.1, -0.05) is 0 Å². The molecule has 0 saturated heterocycles. The molecule has 2 unspecified atom stereocenters. The van der Waals surface area contributed by atoms with Crippen LogP contribution >= 0.6 is 0 Å². The number of hydrogen-bond acceptors (Lipinski definition) is 3. The molecule has 0 fully saturated rings. The van der Waals surface area contributed by atoms with Crippen molar-refractivity contribution < 1.29 is 18.3 Å². The molecule has 0 saturated carbocycles. The predicted molar refractivity (Wildman–Crippen MR) is 62.7 cm³/mol. The fraction of sp³-hybridized carbons (Fsp3) is 0.417. The number of nitrogens with two attached hydrogens (primary N) is 1. The molecule has 1 amide bonds. The molecule has 0 radical (unpaired) electrons. The lowest BCUT2D eigenvalue weighted by atomic mass is 10.0. The molecule has 1 aromatic rings. The van der Waals surface area contributed by atoms with Crippen LogP contribution in [0.15, 0.2) is 18.2 Å². The number of amides is 1. The summed E-state index contributed by atoms with van der Waals surface area (Å²) >= 11 is 0. The van der Waals surface area contributed by atoms with E-state index in [1.54, 1.807) is 6.92 Å². The van der Waals surface area contributed by atoms with Crippen molar-refractivity contribution in [3.8, 4) is 5.75 Å². The van der Waals surface area contributed by atoms with Crippen molar-refractivity contribution in [3.05, 3.63) is 23.8 Å². The maximum Gasteiger partial charge on any atom is 0.287 e. The molecule has 4 nitrogen and oxygen atoms in total. The summed E-state index contributed by atoms with van der Waals surface area (Å²) in [5.41, 5.74) is 5.26. The fourth-order valence-electron chi connectivity index (χ4n) is 1.68. The summed E-state index contributed by atoms with van der Waals surface area (Å²) in [6.07, 6.45) is -0.628. The van der Waals surface area contributed by atoms with Crippen LogP contribution in [-0.4, -0.2) is 18.1 Å². The lowest BCUT2D eigenvalue weighted by Gasteiger charge is -2.26. The number of carbonyl (C=O) groups is 1. The van der Waals surface area contributed by atoms with Crippen molar-refractivity contribution in [2.45, 2.75) is 31.9 Å². The highest BCUT2D eigenvalue weighted by molar-refractivity contribution is 5.97. The first kappa shape index (κ1) is 12.8. The number of halogens is 2. The van der Waals surface area contributed by atoms with Crippen molar-refractivity contribution in [2.75, 3.05) is 5.32 Å². The molecular weight excluding hydrogens is 242 g/mol. The number of nitrogens with one attached hydrogen (secondary N) is 1. The Hall–Kier alpha value is -1.69. The Morgan fingerprint density at radius 2 is 2.17 bits per heavy atom. The van der Waals surface area contributed by atoms with Gasteiger partial charge in [-0.25, -0.2) is 0 Å². The highest BCUT2D eigenvalue weighted by Gasteiger charge is 2.37. The Kier molecular flexibility index (Phi) is 2.98. The summed E-state index contributed by atoms with van der Waals surface area (Å²) in [4.78, 5) is 11.4. The quantitative estimate of drug-likeness (QED) is 0.848. The Balaban J connectivity index is 2.39. The molecular formula is C12H14F2N2O2. The van der Waals surface area contributed by atoms with Gasteiger partial charge in [-0.3, -0.25) is 4.79 Å². The molecule has 1 aliphatic heterocycles. The highest BCUT2D eigenvalue weighted by Crippen LogP contribution is 2.37. The van der Waals surface area contributed by atoms with E-state index in [0.717, 1.165) is 0 Å². The topological polar surface area (TPSA) is 64.3 Å². The van der Waals surface area contributed by atoms with Crippen LogP contribution in [0.2, 0.25) is 0 Å². The largest absolute Gasteiger partial charge is 0.479 e. The molecule has 0 spiro atoms. The molecule has 0 aliphatic carbocycles. The van der Waals surface area contributed by atoms with Crippen LogP contribution in [0.4, 0.5) is 14.5 Å². The molecule has 1 heterocycles. The molecule has 0 bridgehead atoms. The lowest BCUT2D eigenvalue weighted by Crippen LogP contribution is -2.37. The summed E-state index contributed by atoms with van der Waals surface area (Å²) in [7, 11) is 0. The molecule has 6 heteroatoms. The minimum atomic E-state index is -3.15. The van der Waals surface area contributed by atoms with Gasteiger partial charge in [0.1, 0.15) is 5.75 Å². The standard InChI is InChI=1S/C12H14F2N2O2/c1-6-11(17)16-9-5-8(3-4-10(9)18-6)12(13,14)7(2)15/h3-7H,15H2,1-2H3,(H,16,17). The summed E-state index contributed by atoms with van der Waals surface area (Å²) in [5.74, 6) is -3.13. The maximum absolute atomic E-state index is 13.7. The Labute approximate surface area is 103 Å². The van der Waals surface area contributed by atoms with Gasteiger partial charge >= 0.3 is 0 Å². The van der Waals surface area contributed by atoms with Gasteiger partial charge in [0.25, 0.3) is 11.8 Å². The molecule has 1 aromatic carbocycles. The predicted octanol–water partition coefficient (Wildman–Crippen LogP) is 1.84. The summed E-state index contributed by atoms with van der Waals surface area (Å²) in [5, 5.41) is 2.52. The van der Waals surface area contributed by atoms with E-state index < -0.39 is 18.1 Å². The van der Waals surface area contributed by atoms with E-state index in [2.05, 4.69) is 5.32 Å². The summed E-state index contributed by atoms with van der Waals surface area (Å²) in [6, 6.07) is 2.56. The van der Waals surface area contributed by atoms with E-state index in [0.29, 0.717) is 5.75 Å². The number of benzene rings is 1. The third-order valence-corrected chi connectivity index (χ3v) is 2.87. The van der Waals surface area contributed by atoms with E-state index >= 15 is 0 Å². The second-order valence-corrected chi connectivity index (χ2v) is 4.37. The van der Waals surface area contributed by atoms with Gasteiger partial charge in [0, 0.05) is 5.56 Å². The van der Waals surface area contributed by atoms with Gasteiger partial charge in [-0.15, -0.1) is 0 Å². The molecule has 2 rings (SSSR count). The van der Waals surface area contributed by atoms with Crippen LogP contribution < -0.4 is 15.8 Å². The third-order valence-electron chi connectivity index (χ3n) is 2.87. The first-order valence-corrected chi connectivity index (χ1v) is 5.58. The average molecular weight is 256 g/mol. The zero-order valence-electron chi connectivity index (χ0n) is 10.0. The van der Waals surface area contributed by atoms with Crippen LogP contribution in [0.3, 0.4) is 0 Å². The van der Waals surface area contributed by atoms with E-state index in [-0.39, 0.29) is 17.2 Å². The van der Waals surface area contributed by atoms with Crippen LogP contribution in [0, 0.1) is 0 Å². The van der Waals surface area contributed by atoms with Crippen molar-refractivity contribution >= 4 is 11.6 Å². The first-order chi connectivity index (χ1) is 8.32. The minimum Gasteiger partial charge on any atom is -0.479 e. The average Bonchev–Trinajstić information content (AvgIpc) is 2.29. The van der Waals surface area contributed by atoms with Gasteiger partial charge < -0.3 is 15.8 Å². The molecule has 98 valence electrons. The number of carbonyl (C=O) groups excluding carboxylic acids is 1. The maximum atomic E-state index is 13.7. The number of anilines is 1. The minimum absolute atomic E-state index is 0.241. The number of hydrogen-bond donors (Lipinski definition) is 2. The molecule has 2 atom stereocenters. The van der Waals surface area contributed by atoms with E-state index in [4.69, 9.17) is 10.5 Å². The molecule has 0 aromatic heterocycles. The first-order valence-electron chi connectivity index (χ1n) is 5.58. The number of rotatable bonds is 2. The zero-order chi connectivity index (χ0) is 13.5. The smallest absolute Gasteiger partial charge is 0.287 e. The van der Waals surface area contributed by atoms with E-state index in [1.165, 1.54) is 25.1 Å². The normalized spacial score (nSPS) is 20.7. The zero-order valence-corrected chi connectivity index (χ0v) is 10.0. The number of fused-ring (bicyclic) bond motifs is 1. The van der Waals surface area contributed by atoms with Gasteiger partial charge in [-0.2, -0.15) is 8.78 Å². The van der Waals surface area contributed by atoms with Crippen LogP contribution in [0.25, 0.3) is 0 Å². The van der Waals surface area contributed by atoms with Crippen molar-refractivity contribution in [2.24, 2.45) is 5.73 Å². The molecule has 3 N–H and O–H groups in total. The fourth-order valence-corrected chi connectivity index (χ4v) is 1.68. The van der Waals surface area contributed by atoms with Gasteiger partial charge in [-0.05, 0) is 32.0 Å². The Morgan fingerprint density at radius 1 is 1.50 bits per heavy atom. The van der Waals surface area contributed by atoms with Gasteiger partial charge in [0.2, 0.25) is 0 Å². The second kappa shape index (κ2) is 4.20. The Morgan fingerprint density at radius 3 is 2.78 bits per heavy atom. The molecule has 1 aliphatic rings. The van der Waals surface area contributed by atoms with Crippen LogP contribution in [0.1, 0.15) is 19.4 Å². The van der Waals surface area contributed by atoms with Crippen LogP contribution in [0.5, 0.6) is 5.75 Å². The van der Waals surface area contributed by atoms with Crippen molar-refractivity contribution in [3.63, 3.8) is 0 Å². The summed E-state index contributed by atoms with van der Waals surface area (Å²) < 4.78 is 32.8. The SMILES string of the molecule is CC1Oc2ccc(C(F)(F)C(C)N)cc2NC1=O. The van der Waals surface area contributed by atoms with Gasteiger partial charge in [0.05, 0.1) is 11.7 Å². The van der Waals surface area contributed by atoms with E-state index in [1.807, 2.05) is 0 Å². The monoisotopic (exact) mass is 256 g/mol. The third kappa shape index (κ3) is 2.03. The number of ether oxygens (including phenoxy) is 1. The summed E-state index contributed by atoms with van der Waals surface area (Å²) in [6.45, 7) is 2.82. The van der Waals surface area contributed by atoms with Crippen molar-refractivity contribution in [1.29, 1.82) is 0 Å².